The first-order valence-corrected chi connectivity index (χ1v) is 9.59. The molecule has 0 amide bonds. The van der Waals surface area contributed by atoms with Gasteiger partial charge in [0.2, 0.25) is 10.0 Å². The Bertz CT molecular complexity index is 1010. The number of sulfonamides is 1. The molecule has 0 aliphatic heterocycles. The minimum absolute atomic E-state index is 0.287. The van der Waals surface area contributed by atoms with E-state index in [4.69, 9.17) is 11.6 Å². The van der Waals surface area contributed by atoms with Gasteiger partial charge in [-0.15, -0.1) is 0 Å². The smallest absolute Gasteiger partial charge is 0.211 e. The Labute approximate surface area is 146 Å². The molecule has 0 radical (unpaired) electrons. The van der Waals surface area contributed by atoms with Crippen molar-refractivity contribution < 1.29 is 8.42 Å². The molecule has 0 fully saturated rings. The summed E-state index contributed by atoms with van der Waals surface area (Å²) in [6.07, 6.45) is 4.66. The maximum atomic E-state index is 11.6. The van der Waals surface area contributed by atoms with Crippen molar-refractivity contribution in [3.63, 3.8) is 0 Å². The molecule has 0 aliphatic rings. The molecule has 0 N–H and O–H groups in total. The van der Waals surface area contributed by atoms with Gasteiger partial charge in [-0.3, -0.25) is 4.98 Å². The zero-order valence-electron chi connectivity index (χ0n) is 13.7. The van der Waals surface area contributed by atoms with Crippen LogP contribution >= 0.6 is 11.6 Å². The molecular weight excluding hydrogens is 346 g/mol. The van der Waals surface area contributed by atoms with Gasteiger partial charge in [0.25, 0.3) is 0 Å². The third kappa shape index (κ3) is 3.31. The summed E-state index contributed by atoms with van der Waals surface area (Å²) in [5.41, 5.74) is 3.81. The highest BCUT2D eigenvalue weighted by molar-refractivity contribution is 7.88. The monoisotopic (exact) mass is 363 g/mol. The lowest BCUT2D eigenvalue weighted by atomic mass is 10.1. The average Bonchev–Trinajstić information content (AvgIpc) is 2.83. The second kappa shape index (κ2) is 6.20. The van der Waals surface area contributed by atoms with Gasteiger partial charge in [-0.1, -0.05) is 17.7 Å². The standard InChI is InChI=1S/C17H18ClN3O2S/c1-20(24(3,22)23)11-12-6-14(10-19-9-12)16-7-13-4-5-15(18)8-17(13)21(16)2/h4-10H,11H2,1-3H3. The van der Waals surface area contributed by atoms with Crippen LogP contribution in [0, 0.1) is 0 Å². The molecule has 3 rings (SSSR count). The van der Waals surface area contributed by atoms with Gasteiger partial charge >= 0.3 is 0 Å². The van der Waals surface area contributed by atoms with Gasteiger partial charge in [-0.05, 0) is 29.8 Å². The first-order valence-electron chi connectivity index (χ1n) is 7.36. The van der Waals surface area contributed by atoms with Crippen LogP contribution in [0.3, 0.4) is 0 Å². The van der Waals surface area contributed by atoms with E-state index in [0.29, 0.717) is 5.02 Å². The number of halogens is 1. The van der Waals surface area contributed by atoms with E-state index in [2.05, 4.69) is 15.6 Å². The molecule has 0 bridgehead atoms. The summed E-state index contributed by atoms with van der Waals surface area (Å²) in [6.45, 7) is 0.287. The number of aromatic nitrogens is 2. The van der Waals surface area contributed by atoms with Crippen molar-refractivity contribution in [2.24, 2.45) is 7.05 Å². The molecule has 24 heavy (non-hydrogen) atoms. The SMILES string of the molecule is CN(Cc1cncc(-c2cc3ccc(Cl)cc3n2C)c1)S(C)(=O)=O. The van der Waals surface area contributed by atoms with Gasteiger partial charge in [0.05, 0.1) is 11.9 Å². The van der Waals surface area contributed by atoms with E-state index in [0.717, 1.165) is 27.7 Å². The van der Waals surface area contributed by atoms with Crippen molar-refractivity contribution >= 4 is 32.5 Å². The number of nitrogens with zero attached hydrogens (tertiary/aromatic N) is 3. The highest BCUT2D eigenvalue weighted by atomic mass is 35.5. The van der Waals surface area contributed by atoms with Crippen LogP contribution in [0.25, 0.3) is 22.2 Å². The van der Waals surface area contributed by atoms with Crippen molar-refractivity contribution in [1.82, 2.24) is 13.9 Å². The van der Waals surface area contributed by atoms with Gasteiger partial charge in [0, 0.05) is 54.5 Å². The lowest BCUT2D eigenvalue weighted by Crippen LogP contribution is -2.24. The van der Waals surface area contributed by atoms with Crippen LogP contribution in [0.4, 0.5) is 0 Å². The van der Waals surface area contributed by atoms with Crippen molar-refractivity contribution in [3.8, 4) is 11.3 Å². The Morgan fingerprint density at radius 3 is 2.67 bits per heavy atom. The van der Waals surface area contributed by atoms with Crippen LogP contribution in [0.5, 0.6) is 0 Å². The predicted molar refractivity (Wildman–Crippen MR) is 97.5 cm³/mol. The van der Waals surface area contributed by atoms with Gasteiger partial charge in [-0.25, -0.2) is 12.7 Å². The average molecular weight is 364 g/mol. The first kappa shape index (κ1) is 17.0. The van der Waals surface area contributed by atoms with Crippen LogP contribution in [-0.2, 0) is 23.6 Å². The Hall–Kier alpha value is -1.89. The summed E-state index contributed by atoms with van der Waals surface area (Å²) in [5.74, 6) is 0. The van der Waals surface area contributed by atoms with Crippen molar-refractivity contribution in [1.29, 1.82) is 0 Å². The van der Waals surface area contributed by atoms with Crippen molar-refractivity contribution in [3.05, 3.63) is 53.3 Å². The van der Waals surface area contributed by atoms with Crippen molar-refractivity contribution in [2.75, 3.05) is 13.3 Å². The topological polar surface area (TPSA) is 55.2 Å². The van der Waals surface area contributed by atoms with E-state index >= 15 is 0 Å². The molecule has 2 aromatic heterocycles. The maximum Gasteiger partial charge on any atom is 0.211 e. The van der Waals surface area contributed by atoms with Crippen LogP contribution in [-0.4, -0.2) is 35.6 Å². The van der Waals surface area contributed by atoms with Gasteiger partial charge in [0.1, 0.15) is 0 Å². The summed E-state index contributed by atoms with van der Waals surface area (Å²) >= 11 is 6.08. The van der Waals surface area contributed by atoms with Gasteiger partial charge in [-0.2, -0.15) is 0 Å². The first-order chi connectivity index (χ1) is 11.3. The Balaban J connectivity index is 2.02. The maximum absolute atomic E-state index is 11.6. The second-order valence-electron chi connectivity index (χ2n) is 5.89. The third-order valence-electron chi connectivity index (χ3n) is 4.07. The number of pyridine rings is 1. The molecule has 2 heterocycles. The molecule has 5 nitrogen and oxygen atoms in total. The van der Waals surface area contributed by atoms with Crippen LogP contribution in [0.15, 0.2) is 42.7 Å². The van der Waals surface area contributed by atoms with E-state index in [-0.39, 0.29) is 6.54 Å². The van der Waals surface area contributed by atoms with Gasteiger partial charge in [0.15, 0.2) is 0 Å². The highest BCUT2D eigenvalue weighted by Gasteiger charge is 2.13. The lowest BCUT2D eigenvalue weighted by molar-refractivity contribution is 0.471. The van der Waals surface area contributed by atoms with E-state index in [1.165, 1.54) is 10.6 Å². The summed E-state index contributed by atoms with van der Waals surface area (Å²) in [5, 5.41) is 1.78. The lowest BCUT2D eigenvalue weighted by Gasteiger charge is -2.14. The van der Waals surface area contributed by atoms with E-state index in [9.17, 15) is 8.42 Å². The molecule has 0 atom stereocenters. The molecule has 0 unspecified atom stereocenters. The summed E-state index contributed by atoms with van der Waals surface area (Å²) in [4.78, 5) is 4.26. The third-order valence-corrected chi connectivity index (χ3v) is 5.57. The fraction of sp³-hybridized carbons (Fsp3) is 0.235. The van der Waals surface area contributed by atoms with Crippen LogP contribution in [0.1, 0.15) is 5.56 Å². The number of fused-ring (bicyclic) bond motifs is 1. The summed E-state index contributed by atoms with van der Waals surface area (Å²) in [6, 6.07) is 9.81. The normalized spacial score (nSPS) is 12.2. The molecule has 0 aliphatic carbocycles. The number of aryl methyl sites for hydroxylation is 1. The molecule has 1 aromatic carbocycles. The molecule has 0 spiro atoms. The van der Waals surface area contributed by atoms with Crippen LogP contribution < -0.4 is 0 Å². The Morgan fingerprint density at radius 1 is 1.21 bits per heavy atom. The van der Waals surface area contributed by atoms with Crippen LogP contribution in [0.2, 0.25) is 5.02 Å². The second-order valence-corrected chi connectivity index (χ2v) is 8.42. The summed E-state index contributed by atoms with van der Waals surface area (Å²) < 4.78 is 26.5. The number of hydrogen-bond acceptors (Lipinski definition) is 3. The number of hydrogen-bond donors (Lipinski definition) is 0. The highest BCUT2D eigenvalue weighted by Crippen LogP contribution is 2.29. The fourth-order valence-electron chi connectivity index (χ4n) is 2.67. The molecule has 126 valence electrons. The van der Waals surface area contributed by atoms with Gasteiger partial charge < -0.3 is 4.57 Å². The summed E-state index contributed by atoms with van der Waals surface area (Å²) in [7, 11) is 0.306. The van der Waals surface area contributed by atoms with E-state index in [1.54, 1.807) is 19.4 Å². The predicted octanol–water partition coefficient (Wildman–Crippen LogP) is 3.29. The molecule has 7 heteroatoms. The minimum Gasteiger partial charge on any atom is -0.344 e. The zero-order chi connectivity index (χ0) is 17.5. The number of rotatable bonds is 4. The number of benzene rings is 1. The van der Waals surface area contributed by atoms with E-state index < -0.39 is 10.0 Å². The zero-order valence-corrected chi connectivity index (χ0v) is 15.3. The Morgan fingerprint density at radius 2 is 1.96 bits per heavy atom. The fourth-order valence-corrected chi connectivity index (χ4v) is 3.22. The molecule has 0 saturated carbocycles. The molecule has 0 saturated heterocycles. The van der Waals surface area contributed by atoms with Crippen molar-refractivity contribution in [2.45, 2.75) is 6.54 Å². The quantitative estimate of drug-likeness (QED) is 0.714. The molecule has 3 aromatic rings. The Kier molecular flexibility index (Phi) is 4.38. The largest absolute Gasteiger partial charge is 0.344 e. The van der Waals surface area contributed by atoms with E-state index in [1.807, 2.05) is 31.3 Å². The molecular formula is C17H18ClN3O2S. The minimum atomic E-state index is -3.23.